The first-order chi connectivity index (χ1) is 6.56. The van der Waals surface area contributed by atoms with Gasteiger partial charge >= 0.3 is 0 Å². The summed E-state index contributed by atoms with van der Waals surface area (Å²) in [6.45, 7) is -0.405. The summed E-state index contributed by atoms with van der Waals surface area (Å²) in [7, 11) is 0. The third-order valence-corrected chi connectivity index (χ3v) is 2.28. The fraction of sp³-hybridized carbons (Fsp3) is 0.222. The van der Waals surface area contributed by atoms with Gasteiger partial charge in [-0.05, 0) is 18.2 Å². The van der Waals surface area contributed by atoms with Gasteiger partial charge < -0.3 is 10.8 Å². The first-order valence-corrected chi connectivity index (χ1v) is 4.67. The minimum Gasteiger partial charge on any atom is -0.394 e. The molecule has 0 aliphatic rings. The van der Waals surface area contributed by atoms with Crippen LogP contribution in [0.15, 0.2) is 18.2 Å². The molecule has 0 aliphatic heterocycles. The zero-order valence-electron chi connectivity index (χ0n) is 7.21. The highest BCUT2D eigenvalue weighted by Crippen LogP contribution is 2.21. The number of carbonyl (C=O) groups excluding carboxylic acids is 1. The Morgan fingerprint density at radius 1 is 1.50 bits per heavy atom. The minimum atomic E-state index is -0.936. The van der Waals surface area contributed by atoms with Crippen molar-refractivity contribution in [2.24, 2.45) is 5.73 Å². The zero-order valence-corrected chi connectivity index (χ0v) is 8.72. The Kier molecular flexibility index (Phi) is 3.89. The van der Waals surface area contributed by atoms with E-state index in [1.807, 2.05) is 0 Å². The van der Waals surface area contributed by atoms with E-state index >= 15 is 0 Å². The lowest BCUT2D eigenvalue weighted by molar-refractivity contribution is 0.0925. The molecule has 1 aromatic rings. The van der Waals surface area contributed by atoms with Crippen molar-refractivity contribution < 1.29 is 9.90 Å². The summed E-state index contributed by atoms with van der Waals surface area (Å²) in [5.74, 6) is -0.394. The predicted molar refractivity (Wildman–Crippen MR) is 55.9 cm³/mol. The number of hydrogen-bond acceptors (Lipinski definition) is 3. The second kappa shape index (κ2) is 4.75. The molecule has 0 heterocycles. The van der Waals surface area contributed by atoms with E-state index in [2.05, 4.69) is 0 Å². The summed E-state index contributed by atoms with van der Waals surface area (Å²) in [4.78, 5) is 11.5. The molecule has 0 aromatic heterocycles. The molecule has 5 heteroatoms. The van der Waals surface area contributed by atoms with Crippen molar-refractivity contribution in [1.29, 1.82) is 0 Å². The van der Waals surface area contributed by atoms with Crippen LogP contribution in [0.2, 0.25) is 10.0 Å². The van der Waals surface area contributed by atoms with E-state index < -0.39 is 18.4 Å². The molecule has 0 radical (unpaired) electrons. The second-order valence-corrected chi connectivity index (χ2v) is 3.62. The minimum absolute atomic E-state index is 0.242. The van der Waals surface area contributed by atoms with Crippen molar-refractivity contribution in [3.8, 4) is 0 Å². The first-order valence-electron chi connectivity index (χ1n) is 3.92. The molecular formula is C9H9Cl2NO2. The maximum absolute atomic E-state index is 11.5. The fourth-order valence-corrected chi connectivity index (χ4v) is 1.47. The van der Waals surface area contributed by atoms with E-state index in [4.69, 9.17) is 34.0 Å². The van der Waals surface area contributed by atoms with Gasteiger partial charge in [0, 0.05) is 10.6 Å². The van der Waals surface area contributed by atoms with Crippen LogP contribution in [0.5, 0.6) is 0 Å². The molecule has 3 nitrogen and oxygen atoms in total. The van der Waals surface area contributed by atoms with Crippen LogP contribution in [0.1, 0.15) is 10.4 Å². The van der Waals surface area contributed by atoms with Crippen molar-refractivity contribution in [3.63, 3.8) is 0 Å². The molecule has 1 rings (SSSR count). The Hall–Kier alpha value is -0.610. The topological polar surface area (TPSA) is 63.3 Å². The van der Waals surface area contributed by atoms with Crippen LogP contribution in [-0.2, 0) is 0 Å². The van der Waals surface area contributed by atoms with Crippen LogP contribution in [0.4, 0.5) is 0 Å². The van der Waals surface area contributed by atoms with Gasteiger partial charge in [-0.15, -0.1) is 0 Å². The average Bonchev–Trinajstić information content (AvgIpc) is 2.15. The molecule has 0 amide bonds. The Bertz CT molecular complexity index is 355. The van der Waals surface area contributed by atoms with Crippen molar-refractivity contribution in [2.45, 2.75) is 6.04 Å². The quantitative estimate of drug-likeness (QED) is 0.779. The van der Waals surface area contributed by atoms with Gasteiger partial charge in [-0.25, -0.2) is 0 Å². The van der Waals surface area contributed by atoms with E-state index in [9.17, 15) is 4.79 Å². The number of Topliss-reactive ketones (excluding diaryl/α,β-unsaturated/α-hetero) is 1. The monoisotopic (exact) mass is 233 g/mol. The third kappa shape index (κ3) is 2.45. The van der Waals surface area contributed by atoms with Crippen LogP contribution in [0, 0.1) is 0 Å². The molecule has 0 saturated carbocycles. The number of nitrogens with two attached hydrogens (primary N) is 1. The largest absolute Gasteiger partial charge is 0.394 e. The predicted octanol–water partition coefficient (Wildman–Crippen LogP) is 1.50. The highest BCUT2D eigenvalue weighted by molar-refractivity contribution is 6.37. The summed E-state index contributed by atoms with van der Waals surface area (Å²) in [5, 5.41) is 9.39. The number of hydrogen-bond donors (Lipinski definition) is 2. The number of halogens is 2. The molecular weight excluding hydrogens is 225 g/mol. The summed E-state index contributed by atoms with van der Waals surface area (Å²) in [6.07, 6.45) is 0. The summed E-state index contributed by atoms with van der Waals surface area (Å²) >= 11 is 11.4. The van der Waals surface area contributed by atoms with E-state index in [1.54, 1.807) is 6.07 Å². The van der Waals surface area contributed by atoms with Gasteiger partial charge in [0.25, 0.3) is 0 Å². The molecule has 14 heavy (non-hydrogen) atoms. The van der Waals surface area contributed by atoms with Crippen molar-refractivity contribution in [1.82, 2.24) is 0 Å². The lowest BCUT2D eigenvalue weighted by Gasteiger charge is -2.08. The van der Waals surface area contributed by atoms with Crippen molar-refractivity contribution in [3.05, 3.63) is 33.8 Å². The summed E-state index contributed by atoms with van der Waals surface area (Å²) in [5.41, 5.74) is 5.64. The molecule has 76 valence electrons. The lowest BCUT2D eigenvalue weighted by atomic mass is 10.1. The Morgan fingerprint density at radius 2 is 2.14 bits per heavy atom. The summed E-state index contributed by atoms with van der Waals surface area (Å²) in [6, 6.07) is 3.56. The first kappa shape index (κ1) is 11.5. The average molecular weight is 234 g/mol. The molecule has 1 atom stereocenters. The van der Waals surface area contributed by atoms with Gasteiger partial charge in [0.15, 0.2) is 5.78 Å². The number of aliphatic hydroxyl groups is 1. The zero-order chi connectivity index (χ0) is 10.7. The molecule has 3 N–H and O–H groups in total. The number of aliphatic hydroxyl groups excluding tert-OH is 1. The fourth-order valence-electron chi connectivity index (χ4n) is 0.972. The van der Waals surface area contributed by atoms with Crippen LogP contribution in [0.25, 0.3) is 0 Å². The maximum atomic E-state index is 11.5. The van der Waals surface area contributed by atoms with Crippen molar-refractivity contribution in [2.75, 3.05) is 6.61 Å². The van der Waals surface area contributed by atoms with E-state index in [-0.39, 0.29) is 10.6 Å². The van der Waals surface area contributed by atoms with Crippen LogP contribution in [-0.4, -0.2) is 23.5 Å². The Morgan fingerprint density at radius 3 is 2.64 bits per heavy atom. The maximum Gasteiger partial charge on any atom is 0.183 e. The van der Waals surface area contributed by atoms with E-state index in [0.717, 1.165) is 0 Å². The Balaban J connectivity index is 3.02. The molecule has 1 unspecified atom stereocenters. The number of benzene rings is 1. The summed E-state index contributed by atoms with van der Waals surface area (Å²) < 4.78 is 0. The van der Waals surface area contributed by atoms with Gasteiger partial charge in [0.1, 0.15) is 0 Å². The lowest BCUT2D eigenvalue weighted by Crippen LogP contribution is -2.34. The highest BCUT2D eigenvalue weighted by atomic mass is 35.5. The molecule has 0 aliphatic carbocycles. The highest BCUT2D eigenvalue weighted by Gasteiger charge is 2.17. The van der Waals surface area contributed by atoms with Gasteiger partial charge in [0.2, 0.25) is 0 Å². The Labute approximate surface area is 91.4 Å². The molecule has 0 bridgehead atoms. The third-order valence-electron chi connectivity index (χ3n) is 1.73. The smallest absolute Gasteiger partial charge is 0.183 e. The van der Waals surface area contributed by atoms with Crippen LogP contribution >= 0.6 is 23.2 Å². The molecule has 1 aromatic carbocycles. The van der Waals surface area contributed by atoms with Crippen molar-refractivity contribution >= 4 is 29.0 Å². The number of ketones is 1. The van der Waals surface area contributed by atoms with Gasteiger partial charge in [-0.2, -0.15) is 0 Å². The van der Waals surface area contributed by atoms with Gasteiger partial charge in [0.05, 0.1) is 17.7 Å². The molecule has 0 saturated heterocycles. The van der Waals surface area contributed by atoms with Gasteiger partial charge in [-0.3, -0.25) is 4.79 Å². The molecule has 0 spiro atoms. The van der Waals surface area contributed by atoms with Crippen LogP contribution < -0.4 is 5.73 Å². The van der Waals surface area contributed by atoms with Gasteiger partial charge in [-0.1, -0.05) is 23.2 Å². The standard InChI is InChI=1S/C9H9Cl2NO2/c10-5-1-2-6(7(11)3-5)9(14)8(12)4-13/h1-3,8,13H,4,12H2. The van der Waals surface area contributed by atoms with Crippen LogP contribution in [0.3, 0.4) is 0 Å². The number of carbonyl (C=O) groups is 1. The van der Waals surface area contributed by atoms with E-state index in [0.29, 0.717) is 5.02 Å². The number of rotatable bonds is 3. The van der Waals surface area contributed by atoms with E-state index in [1.165, 1.54) is 12.1 Å². The normalized spacial score (nSPS) is 12.6. The molecule has 0 fully saturated rings. The second-order valence-electron chi connectivity index (χ2n) is 2.78. The SMILES string of the molecule is NC(CO)C(=O)c1ccc(Cl)cc1Cl.